The monoisotopic (exact) mass is 391 g/mol. The number of benzene rings is 1. The van der Waals surface area contributed by atoms with Crippen LogP contribution in [0.25, 0.3) is 5.69 Å². The van der Waals surface area contributed by atoms with Crippen LogP contribution in [0.2, 0.25) is 5.15 Å². The van der Waals surface area contributed by atoms with Crippen molar-refractivity contribution in [2.75, 3.05) is 6.61 Å². The number of rotatable bonds is 6. The van der Waals surface area contributed by atoms with Crippen LogP contribution in [-0.2, 0) is 16.1 Å². The van der Waals surface area contributed by atoms with Crippen molar-refractivity contribution in [2.45, 2.75) is 13.5 Å². The van der Waals surface area contributed by atoms with Crippen LogP contribution in [0.4, 0.5) is 4.39 Å². The first kappa shape index (κ1) is 18.7. The van der Waals surface area contributed by atoms with E-state index in [0.29, 0.717) is 17.1 Å². The summed E-state index contributed by atoms with van der Waals surface area (Å²) in [7, 11) is 0. The zero-order valence-corrected chi connectivity index (χ0v) is 15.0. The summed E-state index contributed by atoms with van der Waals surface area (Å²) in [4.78, 5) is 24.1. The number of hydrogen-bond donors (Lipinski definition) is 1. The molecule has 0 saturated heterocycles. The van der Waals surface area contributed by atoms with E-state index in [4.69, 9.17) is 20.8 Å². The van der Waals surface area contributed by atoms with Gasteiger partial charge in [0.1, 0.15) is 22.3 Å². The van der Waals surface area contributed by atoms with E-state index in [2.05, 4.69) is 10.4 Å². The fraction of sp³-hybridized carbons (Fsp3) is 0.167. The summed E-state index contributed by atoms with van der Waals surface area (Å²) in [6, 6.07) is 8.87. The van der Waals surface area contributed by atoms with Crippen LogP contribution in [0.3, 0.4) is 0 Å². The molecule has 3 aromatic rings. The smallest absolute Gasteiger partial charge is 0.343 e. The largest absolute Gasteiger partial charge is 0.467 e. The Balaban J connectivity index is 1.64. The van der Waals surface area contributed by atoms with E-state index in [9.17, 15) is 14.0 Å². The molecule has 27 heavy (non-hydrogen) atoms. The molecule has 3 rings (SSSR count). The number of hydrogen-bond acceptors (Lipinski definition) is 5. The Hall–Kier alpha value is -3.13. The zero-order valence-electron chi connectivity index (χ0n) is 14.2. The SMILES string of the molecule is Cc1nn(-c2ccc(F)cc2)c(Cl)c1C(=O)OCC(=O)NCc1ccco1. The predicted octanol–water partition coefficient (Wildman–Crippen LogP) is 3.04. The van der Waals surface area contributed by atoms with Crippen LogP contribution in [0.1, 0.15) is 21.8 Å². The number of furan rings is 1. The second-order valence-electron chi connectivity index (χ2n) is 5.57. The summed E-state index contributed by atoms with van der Waals surface area (Å²) < 4.78 is 24.5. The quantitative estimate of drug-likeness (QED) is 0.653. The number of carbonyl (C=O) groups excluding carboxylic acids is 2. The van der Waals surface area contributed by atoms with E-state index >= 15 is 0 Å². The molecule has 0 aliphatic carbocycles. The minimum absolute atomic E-state index is 0.0140. The highest BCUT2D eigenvalue weighted by atomic mass is 35.5. The molecule has 1 N–H and O–H groups in total. The average Bonchev–Trinajstić information content (AvgIpc) is 3.26. The summed E-state index contributed by atoms with van der Waals surface area (Å²) in [6.07, 6.45) is 1.49. The van der Waals surface area contributed by atoms with Gasteiger partial charge in [-0.2, -0.15) is 5.10 Å². The van der Waals surface area contributed by atoms with Gasteiger partial charge in [-0.15, -0.1) is 0 Å². The lowest BCUT2D eigenvalue weighted by molar-refractivity contribution is -0.124. The Morgan fingerprint density at radius 2 is 2.04 bits per heavy atom. The number of aromatic nitrogens is 2. The van der Waals surface area contributed by atoms with Crippen LogP contribution in [0, 0.1) is 12.7 Å². The summed E-state index contributed by atoms with van der Waals surface area (Å²) in [5.74, 6) is -1.09. The van der Waals surface area contributed by atoms with Gasteiger partial charge >= 0.3 is 5.97 Å². The van der Waals surface area contributed by atoms with Crippen molar-refractivity contribution in [3.05, 3.63) is 70.6 Å². The van der Waals surface area contributed by atoms with Gasteiger partial charge in [0.2, 0.25) is 0 Å². The molecule has 0 saturated carbocycles. The van der Waals surface area contributed by atoms with Gasteiger partial charge < -0.3 is 14.5 Å². The topological polar surface area (TPSA) is 86.4 Å². The van der Waals surface area contributed by atoms with Crippen molar-refractivity contribution in [1.29, 1.82) is 0 Å². The number of amides is 1. The van der Waals surface area contributed by atoms with Gasteiger partial charge in [-0.05, 0) is 43.3 Å². The molecule has 0 aliphatic heterocycles. The van der Waals surface area contributed by atoms with Crippen LogP contribution >= 0.6 is 11.6 Å². The van der Waals surface area contributed by atoms with E-state index in [1.165, 1.54) is 35.2 Å². The fourth-order valence-corrected chi connectivity index (χ4v) is 2.69. The Labute approximate surface area is 158 Å². The molecule has 1 aromatic carbocycles. The van der Waals surface area contributed by atoms with E-state index in [1.54, 1.807) is 19.1 Å². The van der Waals surface area contributed by atoms with Crippen molar-refractivity contribution in [1.82, 2.24) is 15.1 Å². The lowest BCUT2D eigenvalue weighted by atomic mass is 10.2. The number of aryl methyl sites for hydroxylation is 1. The molecule has 0 atom stereocenters. The minimum atomic E-state index is -0.779. The Morgan fingerprint density at radius 1 is 1.30 bits per heavy atom. The number of nitrogens with zero attached hydrogens (tertiary/aromatic N) is 2. The predicted molar refractivity (Wildman–Crippen MR) is 94.1 cm³/mol. The number of nitrogens with one attached hydrogen (secondary N) is 1. The van der Waals surface area contributed by atoms with E-state index in [0.717, 1.165) is 0 Å². The summed E-state index contributed by atoms with van der Waals surface area (Å²) >= 11 is 6.24. The molecule has 140 valence electrons. The van der Waals surface area contributed by atoms with Gasteiger partial charge in [0.05, 0.1) is 24.2 Å². The first-order valence-electron chi connectivity index (χ1n) is 7.93. The molecular weight excluding hydrogens is 377 g/mol. The highest BCUT2D eigenvalue weighted by molar-refractivity contribution is 6.33. The molecule has 0 radical (unpaired) electrons. The third kappa shape index (κ3) is 4.35. The molecule has 9 heteroatoms. The second-order valence-corrected chi connectivity index (χ2v) is 5.93. The van der Waals surface area contributed by atoms with Crippen molar-refractivity contribution >= 4 is 23.5 Å². The Bertz CT molecular complexity index is 952. The standard InChI is InChI=1S/C18H15ClFN3O4/c1-11-16(17(19)23(22-11)13-6-4-12(20)5-7-13)18(25)27-10-15(24)21-9-14-3-2-8-26-14/h2-8H,9-10H2,1H3,(H,21,24). The summed E-state index contributed by atoms with van der Waals surface area (Å²) in [5, 5.41) is 6.75. The molecule has 0 aliphatic rings. The maximum atomic E-state index is 13.1. The van der Waals surface area contributed by atoms with Crippen molar-refractivity contribution in [2.24, 2.45) is 0 Å². The molecule has 2 heterocycles. The van der Waals surface area contributed by atoms with Gasteiger partial charge in [0.15, 0.2) is 6.61 Å². The first-order valence-corrected chi connectivity index (χ1v) is 8.30. The van der Waals surface area contributed by atoms with Gasteiger partial charge in [0.25, 0.3) is 5.91 Å². The highest BCUT2D eigenvalue weighted by Gasteiger charge is 2.23. The molecule has 1 amide bonds. The van der Waals surface area contributed by atoms with Gasteiger partial charge in [-0.25, -0.2) is 13.9 Å². The van der Waals surface area contributed by atoms with E-state index in [1.807, 2.05) is 0 Å². The summed E-state index contributed by atoms with van der Waals surface area (Å²) in [6.45, 7) is 1.29. The minimum Gasteiger partial charge on any atom is -0.467 e. The molecule has 0 unspecified atom stereocenters. The van der Waals surface area contributed by atoms with Crippen LogP contribution in [-0.4, -0.2) is 28.3 Å². The maximum absolute atomic E-state index is 13.1. The van der Waals surface area contributed by atoms with Gasteiger partial charge in [-0.3, -0.25) is 4.79 Å². The normalized spacial score (nSPS) is 10.6. The van der Waals surface area contributed by atoms with E-state index < -0.39 is 24.3 Å². The number of carbonyl (C=O) groups is 2. The third-order valence-electron chi connectivity index (χ3n) is 3.65. The lowest BCUT2D eigenvalue weighted by Gasteiger charge is -2.06. The molecule has 2 aromatic heterocycles. The Morgan fingerprint density at radius 3 is 2.70 bits per heavy atom. The van der Waals surface area contributed by atoms with E-state index in [-0.39, 0.29) is 17.3 Å². The van der Waals surface area contributed by atoms with Crippen LogP contribution < -0.4 is 5.32 Å². The second kappa shape index (κ2) is 8.05. The lowest BCUT2D eigenvalue weighted by Crippen LogP contribution is -2.28. The zero-order chi connectivity index (χ0) is 19.4. The highest BCUT2D eigenvalue weighted by Crippen LogP contribution is 2.24. The molecule has 0 bridgehead atoms. The van der Waals surface area contributed by atoms with Crippen molar-refractivity contribution < 1.29 is 23.1 Å². The molecule has 7 nitrogen and oxygen atoms in total. The van der Waals surface area contributed by atoms with Gasteiger partial charge in [0, 0.05) is 0 Å². The van der Waals surface area contributed by atoms with Crippen molar-refractivity contribution in [3.63, 3.8) is 0 Å². The number of halogens is 2. The summed E-state index contributed by atoms with van der Waals surface area (Å²) in [5.41, 5.74) is 0.852. The van der Waals surface area contributed by atoms with Gasteiger partial charge in [-0.1, -0.05) is 11.6 Å². The van der Waals surface area contributed by atoms with Crippen LogP contribution in [0.5, 0.6) is 0 Å². The average molecular weight is 392 g/mol. The molecule has 0 fully saturated rings. The third-order valence-corrected chi connectivity index (χ3v) is 4.00. The molecule has 0 spiro atoms. The first-order chi connectivity index (χ1) is 13.0. The molecular formula is C18H15ClFN3O4. The maximum Gasteiger partial charge on any atom is 0.343 e. The number of esters is 1. The Kier molecular flexibility index (Phi) is 5.56. The number of ether oxygens (including phenoxy) is 1. The van der Waals surface area contributed by atoms with Crippen molar-refractivity contribution in [3.8, 4) is 5.69 Å². The fourth-order valence-electron chi connectivity index (χ4n) is 2.34. The van der Waals surface area contributed by atoms with Crippen LogP contribution in [0.15, 0.2) is 47.1 Å².